The van der Waals surface area contributed by atoms with Gasteiger partial charge in [-0.05, 0) is 93.5 Å². The second-order valence-corrected chi connectivity index (χ2v) is 10.2. The highest BCUT2D eigenvalue weighted by Gasteiger charge is 2.32. The van der Waals surface area contributed by atoms with Gasteiger partial charge in [0.2, 0.25) is 15.9 Å². The van der Waals surface area contributed by atoms with Crippen molar-refractivity contribution in [2.24, 2.45) is 0 Å². The van der Waals surface area contributed by atoms with Gasteiger partial charge >= 0.3 is 0 Å². The molecule has 0 aromatic heterocycles. The number of nitrogens with one attached hydrogen (secondary N) is 1. The Balaban J connectivity index is 2.40. The van der Waals surface area contributed by atoms with Crippen LogP contribution in [0.4, 0.5) is 5.69 Å². The Morgan fingerprint density at radius 2 is 1.47 bits per heavy atom. The lowest BCUT2D eigenvalue weighted by molar-refractivity contribution is -0.122. The number of nitrogens with zero attached hydrogens (tertiary/aromatic N) is 1. The molecule has 0 spiro atoms. The van der Waals surface area contributed by atoms with Gasteiger partial charge in [-0.2, -0.15) is 0 Å². The zero-order chi connectivity index (χ0) is 22.8. The monoisotopic (exact) mass is 430 g/mol. The molecule has 0 saturated carbocycles. The van der Waals surface area contributed by atoms with Crippen LogP contribution < -0.4 is 9.62 Å². The molecule has 5 nitrogen and oxygen atoms in total. The topological polar surface area (TPSA) is 66.5 Å². The molecule has 1 amide bonds. The first-order valence-electron chi connectivity index (χ1n) is 10.3. The average molecular weight is 431 g/mol. The lowest BCUT2D eigenvalue weighted by atomic mass is 9.96. The molecule has 2 atom stereocenters. The van der Waals surface area contributed by atoms with Gasteiger partial charge in [-0.15, -0.1) is 0 Å². The highest BCUT2D eigenvalue weighted by atomic mass is 32.2. The molecule has 0 aliphatic heterocycles. The Kier molecular flexibility index (Phi) is 7.35. The molecule has 164 valence electrons. The van der Waals surface area contributed by atoms with Crippen LogP contribution in [0.1, 0.15) is 59.7 Å². The van der Waals surface area contributed by atoms with Crippen molar-refractivity contribution in [2.45, 2.75) is 67.0 Å². The minimum Gasteiger partial charge on any atom is -0.348 e. The zero-order valence-corrected chi connectivity index (χ0v) is 20.1. The van der Waals surface area contributed by atoms with E-state index in [0.717, 1.165) is 34.1 Å². The number of benzene rings is 2. The molecule has 2 aromatic rings. The van der Waals surface area contributed by atoms with Gasteiger partial charge in [0.15, 0.2) is 0 Å². The van der Waals surface area contributed by atoms with Crippen LogP contribution in [0.2, 0.25) is 0 Å². The molecule has 30 heavy (non-hydrogen) atoms. The van der Waals surface area contributed by atoms with Gasteiger partial charge in [0, 0.05) is 0 Å². The van der Waals surface area contributed by atoms with E-state index in [-0.39, 0.29) is 11.9 Å². The molecule has 0 fully saturated rings. The molecule has 0 unspecified atom stereocenters. The lowest BCUT2D eigenvalue weighted by Gasteiger charge is -2.31. The smallest absolute Gasteiger partial charge is 0.244 e. The van der Waals surface area contributed by atoms with E-state index < -0.39 is 16.1 Å². The summed E-state index contributed by atoms with van der Waals surface area (Å²) in [7, 11) is -3.66. The molecule has 0 heterocycles. The highest BCUT2D eigenvalue weighted by Crippen LogP contribution is 2.26. The minimum absolute atomic E-state index is 0.230. The van der Waals surface area contributed by atoms with Crippen LogP contribution in [0, 0.1) is 34.6 Å². The van der Waals surface area contributed by atoms with Crippen molar-refractivity contribution < 1.29 is 13.2 Å². The van der Waals surface area contributed by atoms with Gasteiger partial charge in [-0.1, -0.05) is 25.1 Å². The van der Waals surface area contributed by atoms with Crippen LogP contribution >= 0.6 is 0 Å². The molecule has 0 saturated heterocycles. The molecule has 0 bridgehead atoms. The fourth-order valence-corrected chi connectivity index (χ4v) is 5.17. The molecule has 2 aromatic carbocycles. The van der Waals surface area contributed by atoms with Crippen LogP contribution in [-0.2, 0) is 14.8 Å². The van der Waals surface area contributed by atoms with E-state index in [4.69, 9.17) is 0 Å². The predicted molar refractivity (Wildman–Crippen MR) is 125 cm³/mol. The van der Waals surface area contributed by atoms with Crippen LogP contribution in [-0.4, -0.2) is 26.6 Å². The summed E-state index contributed by atoms with van der Waals surface area (Å²) in [5, 5.41) is 3.04. The molecule has 1 N–H and O–H groups in total. The third-order valence-corrected chi connectivity index (χ3v) is 6.68. The Hall–Kier alpha value is -2.34. The van der Waals surface area contributed by atoms with Crippen LogP contribution in [0.25, 0.3) is 0 Å². The maximum atomic E-state index is 13.2. The van der Waals surface area contributed by atoms with Crippen LogP contribution in [0.5, 0.6) is 0 Å². The second kappa shape index (κ2) is 9.21. The molecule has 6 heteroatoms. The average Bonchev–Trinajstić information content (AvgIpc) is 2.60. The SMILES string of the molecule is CC[C@H](C(=O)N[C@H](C)c1cc(C)c(C)cc1C)N(c1cc(C)cc(C)c1)S(C)(=O)=O. The molecule has 2 rings (SSSR count). The standard InChI is InChI=1S/C24H34N2O3S/c1-9-23(26(30(8,28)29)21-11-15(2)10-16(3)12-21)24(27)25-20(7)22-14-18(5)17(4)13-19(22)6/h10-14,20,23H,9H2,1-8H3,(H,25,27)/t20-,23-/m1/s1. The molecule has 0 aliphatic carbocycles. The number of hydrogen-bond donors (Lipinski definition) is 1. The number of carbonyl (C=O) groups is 1. The number of hydrogen-bond acceptors (Lipinski definition) is 3. The first-order valence-corrected chi connectivity index (χ1v) is 12.2. The van der Waals surface area contributed by atoms with E-state index in [2.05, 4.69) is 24.4 Å². The van der Waals surface area contributed by atoms with E-state index in [0.29, 0.717) is 12.1 Å². The summed E-state index contributed by atoms with van der Waals surface area (Å²) in [4.78, 5) is 13.2. The van der Waals surface area contributed by atoms with Crippen molar-refractivity contribution >= 4 is 21.6 Å². The quantitative estimate of drug-likeness (QED) is 0.695. The van der Waals surface area contributed by atoms with Gasteiger partial charge in [0.05, 0.1) is 18.0 Å². The maximum absolute atomic E-state index is 13.2. The predicted octanol–water partition coefficient (Wildman–Crippen LogP) is 4.65. The van der Waals surface area contributed by atoms with Crippen molar-refractivity contribution in [3.63, 3.8) is 0 Å². The van der Waals surface area contributed by atoms with Crippen molar-refractivity contribution in [2.75, 3.05) is 10.6 Å². The Morgan fingerprint density at radius 1 is 0.933 bits per heavy atom. The van der Waals surface area contributed by atoms with Crippen LogP contribution in [0.15, 0.2) is 30.3 Å². The highest BCUT2D eigenvalue weighted by molar-refractivity contribution is 7.92. The number of anilines is 1. The fraction of sp³-hybridized carbons (Fsp3) is 0.458. The molecular weight excluding hydrogens is 396 g/mol. The van der Waals surface area contributed by atoms with Gasteiger partial charge in [0.25, 0.3) is 0 Å². The molecule has 0 radical (unpaired) electrons. The first-order chi connectivity index (χ1) is 13.8. The number of rotatable bonds is 7. The summed E-state index contributed by atoms with van der Waals surface area (Å²) >= 11 is 0. The van der Waals surface area contributed by atoms with Gasteiger partial charge in [-0.25, -0.2) is 8.42 Å². The van der Waals surface area contributed by atoms with Crippen molar-refractivity contribution in [3.05, 3.63) is 63.7 Å². The largest absolute Gasteiger partial charge is 0.348 e. The second-order valence-electron chi connectivity index (χ2n) is 8.35. The van der Waals surface area contributed by atoms with Crippen molar-refractivity contribution in [1.29, 1.82) is 0 Å². The van der Waals surface area contributed by atoms with Crippen molar-refractivity contribution in [1.82, 2.24) is 5.32 Å². The van der Waals surface area contributed by atoms with E-state index in [1.54, 1.807) is 12.1 Å². The van der Waals surface area contributed by atoms with E-state index in [1.807, 2.05) is 47.6 Å². The van der Waals surface area contributed by atoms with Gasteiger partial charge in [0.1, 0.15) is 6.04 Å². The maximum Gasteiger partial charge on any atom is 0.244 e. The minimum atomic E-state index is -3.66. The summed E-state index contributed by atoms with van der Waals surface area (Å²) in [6.07, 6.45) is 1.52. The third-order valence-electron chi connectivity index (χ3n) is 5.50. The number of aryl methyl sites for hydroxylation is 5. The summed E-state index contributed by atoms with van der Waals surface area (Å²) in [5.41, 5.74) is 6.94. The number of amides is 1. The summed E-state index contributed by atoms with van der Waals surface area (Å²) < 4.78 is 26.6. The molecular formula is C24H34N2O3S. The zero-order valence-electron chi connectivity index (χ0n) is 19.3. The van der Waals surface area contributed by atoms with Crippen LogP contribution in [0.3, 0.4) is 0 Å². The van der Waals surface area contributed by atoms with Gasteiger partial charge in [-0.3, -0.25) is 9.10 Å². The third kappa shape index (κ3) is 5.42. The normalized spacial score (nSPS) is 13.6. The fourth-order valence-electron chi connectivity index (χ4n) is 3.97. The Bertz CT molecular complexity index is 1020. The lowest BCUT2D eigenvalue weighted by Crippen LogP contribution is -2.49. The first kappa shape index (κ1) is 23.9. The number of sulfonamides is 1. The molecule has 0 aliphatic rings. The summed E-state index contributed by atoms with van der Waals surface area (Å²) in [5.74, 6) is -0.299. The summed E-state index contributed by atoms with van der Waals surface area (Å²) in [6.45, 7) is 13.7. The number of carbonyl (C=O) groups excluding carboxylic acids is 1. The van der Waals surface area contributed by atoms with E-state index in [1.165, 1.54) is 9.87 Å². The van der Waals surface area contributed by atoms with Gasteiger partial charge < -0.3 is 5.32 Å². The Labute approximate surface area is 181 Å². The Morgan fingerprint density at radius 3 is 1.97 bits per heavy atom. The van der Waals surface area contributed by atoms with Crippen molar-refractivity contribution in [3.8, 4) is 0 Å². The van der Waals surface area contributed by atoms with E-state index >= 15 is 0 Å². The summed E-state index contributed by atoms with van der Waals surface area (Å²) in [6, 6.07) is 8.75. The van der Waals surface area contributed by atoms with E-state index in [9.17, 15) is 13.2 Å².